The largest absolute Gasteiger partial charge is 0.390 e. The first-order chi connectivity index (χ1) is 13.3. The number of hydrogen-bond acceptors (Lipinski definition) is 3. The van der Waals surface area contributed by atoms with Crippen LogP contribution in [0.1, 0.15) is 38.3 Å². The molecule has 5 nitrogen and oxygen atoms in total. The highest BCUT2D eigenvalue weighted by Gasteiger charge is 2.28. The van der Waals surface area contributed by atoms with Crippen molar-refractivity contribution in [2.75, 3.05) is 6.54 Å². The average Bonchev–Trinajstić information content (AvgIpc) is 3.09. The molecule has 1 aliphatic heterocycles. The van der Waals surface area contributed by atoms with E-state index < -0.39 is 0 Å². The monoisotopic (exact) mass is 399 g/mol. The van der Waals surface area contributed by atoms with Crippen molar-refractivity contribution in [3.05, 3.63) is 70.7 Å². The Morgan fingerprint density at radius 2 is 1.96 bits per heavy atom. The van der Waals surface area contributed by atoms with Crippen molar-refractivity contribution in [2.45, 2.75) is 45.4 Å². The Labute approximate surface area is 171 Å². The van der Waals surface area contributed by atoms with E-state index in [0.29, 0.717) is 24.5 Å². The fourth-order valence-corrected chi connectivity index (χ4v) is 3.26. The van der Waals surface area contributed by atoms with E-state index in [2.05, 4.69) is 10.5 Å². The van der Waals surface area contributed by atoms with E-state index in [9.17, 15) is 4.79 Å². The van der Waals surface area contributed by atoms with Crippen LogP contribution in [0.15, 0.2) is 59.8 Å². The maximum Gasteiger partial charge on any atom is 0.318 e. The Morgan fingerprint density at radius 1 is 1.21 bits per heavy atom. The van der Waals surface area contributed by atoms with E-state index >= 15 is 0 Å². The smallest absolute Gasteiger partial charge is 0.318 e. The lowest BCUT2D eigenvalue weighted by atomic mass is 10.0. The van der Waals surface area contributed by atoms with Gasteiger partial charge in [-0.3, -0.25) is 0 Å². The number of carbonyl (C=O) groups excluding carboxylic acids is 1. The molecule has 1 heterocycles. The standard InChI is InChI=1S/C22H26ClN3O2/c1-22(2,3)24-21(27)26(14-16-8-7-11-18(23)12-16)15-19-13-20(25-28-19)17-9-5-4-6-10-17/h4-12,19H,13-15H2,1-3H3,(H,24,27)/t19-/m1/s1. The molecule has 0 aromatic heterocycles. The van der Waals surface area contributed by atoms with Crippen molar-refractivity contribution >= 4 is 23.3 Å². The highest BCUT2D eigenvalue weighted by Crippen LogP contribution is 2.20. The van der Waals surface area contributed by atoms with E-state index in [0.717, 1.165) is 16.8 Å². The Morgan fingerprint density at radius 3 is 2.64 bits per heavy atom. The second-order valence-corrected chi connectivity index (χ2v) is 8.46. The predicted molar refractivity (Wildman–Crippen MR) is 113 cm³/mol. The van der Waals surface area contributed by atoms with Crippen molar-refractivity contribution in [2.24, 2.45) is 5.16 Å². The summed E-state index contributed by atoms with van der Waals surface area (Å²) in [7, 11) is 0. The summed E-state index contributed by atoms with van der Waals surface area (Å²) >= 11 is 6.11. The van der Waals surface area contributed by atoms with Crippen molar-refractivity contribution in [3.8, 4) is 0 Å². The van der Waals surface area contributed by atoms with Crippen LogP contribution in [-0.4, -0.2) is 34.8 Å². The summed E-state index contributed by atoms with van der Waals surface area (Å²) in [6, 6.07) is 17.4. The third-order valence-corrected chi connectivity index (χ3v) is 4.53. The highest BCUT2D eigenvalue weighted by molar-refractivity contribution is 6.30. The molecule has 1 atom stereocenters. The molecule has 148 valence electrons. The zero-order valence-electron chi connectivity index (χ0n) is 16.5. The molecule has 3 rings (SSSR count). The number of urea groups is 1. The van der Waals surface area contributed by atoms with Gasteiger partial charge in [-0.2, -0.15) is 0 Å². The van der Waals surface area contributed by atoms with E-state index in [1.807, 2.05) is 75.4 Å². The maximum absolute atomic E-state index is 12.9. The molecule has 2 aromatic rings. The van der Waals surface area contributed by atoms with Crippen LogP contribution in [-0.2, 0) is 11.4 Å². The van der Waals surface area contributed by atoms with E-state index in [1.165, 1.54) is 0 Å². The van der Waals surface area contributed by atoms with Crippen molar-refractivity contribution in [1.29, 1.82) is 0 Å². The van der Waals surface area contributed by atoms with Crippen LogP contribution in [0.2, 0.25) is 5.02 Å². The Bertz CT molecular complexity index is 846. The van der Waals surface area contributed by atoms with Gasteiger partial charge < -0.3 is 15.1 Å². The molecular formula is C22H26ClN3O2. The van der Waals surface area contributed by atoms with Crippen LogP contribution in [0.4, 0.5) is 4.79 Å². The number of hydrogen-bond donors (Lipinski definition) is 1. The topological polar surface area (TPSA) is 53.9 Å². The van der Waals surface area contributed by atoms with Gasteiger partial charge in [0.2, 0.25) is 0 Å². The zero-order valence-corrected chi connectivity index (χ0v) is 17.2. The molecule has 0 spiro atoms. The Hall–Kier alpha value is -2.53. The Kier molecular flexibility index (Phi) is 6.25. The summed E-state index contributed by atoms with van der Waals surface area (Å²) in [5.74, 6) is 0. The molecule has 1 N–H and O–H groups in total. The lowest BCUT2D eigenvalue weighted by Crippen LogP contribution is -2.50. The van der Waals surface area contributed by atoms with Crippen molar-refractivity contribution in [1.82, 2.24) is 10.2 Å². The van der Waals surface area contributed by atoms with Crippen LogP contribution >= 0.6 is 11.6 Å². The van der Waals surface area contributed by atoms with E-state index in [-0.39, 0.29) is 17.7 Å². The number of oxime groups is 1. The normalized spacial score (nSPS) is 16.3. The number of carbonyl (C=O) groups is 1. The van der Waals surface area contributed by atoms with Gasteiger partial charge in [0.25, 0.3) is 0 Å². The highest BCUT2D eigenvalue weighted by atomic mass is 35.5. The van der Waals surface area contributed by atoms with Gasteiger partial charge >= 0.3 is 6.03 Å². The van der Waals surface area contributed by atoms with Gasteiger partial charge in [0.1, 0.15) is 0 Å². The minimum Gasteiger partial charge on any atom is -0.390 e. The van der Waals surface area contributed by atoms with Crippen LogP contribution in [0.5, 0.6) is 0 Å². The minimum absolute atomic E-state index is 0.135. The number of nitrogens with zero attached hydrogens (tertiary/aromatic N) is 2. The SMILES string of the molecule is CC(C)(C)NC(=O)N(Cc1cccc(Cl)c1)C[C@H]1CC(c2ccccc2)=NO1. The number of benzene rings is 2. The van der Waals surface area contributed by atoms with Gasteiger partial charge in [0.15, 0.2) is 6.10 Å². The molecule has 0 aliphatic carbocycles. The average molecular weight is 400 g/mol. The number of nitrogens with one attached hydrogen (secondary N) is 1. The molecule has 2 aromatic carbocycles. The quantitative estimate of drug-likeness (QED) is 0.781. The van der Waals surface area contributed by atoms with Gasteiger partial charge in [-0.15, -0.1) is 0 Å². The molecule has 0 fully saturated rings. The molecule has 28 heavy (non-hydrogen) atoms. The Balaban J connectivity index is 1.69. The van der Waals surface area contributed by atoms with Gasteiger partial charge in [-0.1, -0.05) is 59.2 Å². The fraction of sp³-hybridized carbons (Fsp3) is 0.364. The molecule has 2 amide bonds. The van der Waals surface area contributed by atoms with Crippen LogP contribution in [0, 0.1) is 0 Å². The molecule has 0 unspecified atom stereocenters. The predicted octanol–water partition coefficient (Wildman–Crippen LogP) is 4.84. The molecule has 0 saturated heterocycles. The third kappa shape index (κ3) is 5.73. The summed E-state index contributed by atoms with van der Waals surface area (Å²) < 4.78 is 0. The molecule has 0 radical (unpaired) electrons. The fourth-order valence-electron chi connectivity index (χ4n) is 3.05. The first kappa shape index (κ1) is 20.2. The van der Waals surface area contributed by atoms with Gasteiger partial charge in [0, 0.05) is 23.5 Å². The van der Waals surface area contributed by atoms with Gasteiger partial charge in [-0.25, -0.2) is 4.79 Å². The van der Waals surface area contributed by atoms with E-state index in [1.54, 1.807) is 4.90 Å². The lowest BCUT2D eigenvalue weighted by molar-refractivity contribution is 0.0580. The number of halogens is 1. The van der Waals surface area contributed by atoms with Crippen LogP contribution in [0.25, 0.3) is 0 Å². The third-order valence-electron chi connectivity index (χ3n) is 4.30. The molecule has 6 heteroatoms. The van der Waals surface area contributed by atoms with E-state index in [4.69, 9.17) is 16.4 Å². The van der Waals surface area contributed by atoms with Crippen LogP contribution < -0.4 is 5.32 Å². The molecular weight excluding hydrogens is 374 g/mol. The summed E-state index contributed by atoms with van der Waals surface area (Å²) in [6.07, 6.45) is 0.485. The number of rotatable bonds is 5. The summed E-state index contributed by atoms with van der Waals surface area (Å²) in [6.45, 7) is 6.78. The number of amides is 2. The first-order valence-electron chi connectivity index (χ1n) is 9.40. The summed E-state index contributed by atoms with van der Waals surface area (Å²) in [5, 5.41) is 7.92. The van der Waals surface area contributed by atoms with Crippen molar-refractivity contribution in [3.63, 3.8) is 0 Å². The molecule has 0 saturated carbocycles. The maximum atomic E-state index is 12.9. The van der Waals surface area contributed by atoms with Crippen LogP contribution in [0.3, 0.4) is 0 Å². The minimum atomic E-state index is -0.327. The van der Waals surface area contributed by atoms with Gasteiger partial charge in [0.05, 0.1) is 12.3 Å². The molecule has 1 aliphatic rings. The lowest BCUT2D eigenvalue weighted by Gasteiger charge is -2.29. The zero-order chi connectivity index (χ0) is 20.1. The summed E-state index contributed by atoms with van der Waals surface area (Å²) in [5.41, 5.74) is 2.60. The second kappa shape index (κ2) is 8.65. The second-order valence-electron chi connectivity index (χ2n) is 8.03. The van der Waals surface area contributed by atoms with Crippen molar-refractivity contribution < 1.29 is 9.63 Å². The first-order valence-corrected chi connectivity index (χ1v) is 9.77. The summed E-state index contributed by atoms with van der Waals surface area (Å²) in [4.78, 5) is 20.3. The van der Waals surface area contributed by atoms with Gasteiger partial charge in [-0.05, 0) is 44.0 Å². The molecule has 0 bridgehead atoms.